The van der Waals surface area contributed by atoms with Crippen molar-refractivity contribution in [3.8, 4) is 6.07 Å². The number of amides is 3. The number of halogens is 3. The highest BCUT2D eigenvalue weighted by Crippen LogP contribution is 2.31. The number of hydrogen-bond donors (Lipinski definition) is 1. The van der Waals surface area contributed by atoms with Gasteiger partial charge in [0.15, 0.2) is 11.6 Å². The summed E-state index contributed by atoms with van der Waals surface area (Å²) in [5, 5.41) is 12.0. The Morgan fingerprint density at radius 2 is 1.89 bits per heavy atom. The fourth-order valence-corrected chi connectivity index (χ4v) is 4.64. The van der Waals surface area contributed by atoms with Crippen LogP contribution in [-0.4, -0.2) is 54.7 Å². The van der Waals surface area contributed by atoms with Crippen LogP contribution in [0.3, 0.4) is 0 Å². The number of nitriles is 1. The monoisotopic (exact) mass is 486 g/mol. The van der Waals surface area contributed by atoms with Crippen molar-refractivity contribution in [1.82, 2.24) is 15.1 Å². The van der Waals surface area contributed by atoms with Crippen LogP contribution in [0.1, 0.15) is 47.9 Å². The topological polar surface area (TPSA) is 85.7 Å². The number of piperidine rings is 1. The lowest BCUT2D eigenvalue weighted by Crippen LogP contribution is -2.43. The van der Waals surface area contributed by atoms with Gasteiger partial charge in [-0.15, -0.1) is 0 Å². The van der Waals surface area contributed by atoms with Crippen LogP contribution in [-0.2, 0) is 4.74 Å². The molecule has 3 amide bonds. The van der Waals surface area contributed by atoms with Gasteiger partial charge >= 0.3 is 12.1 Å². The third-order valence-corrected chi connectivity index (χ3v) is 6.51. The number of urea groups is 1. The van der Waals surface area contributed by atoms with Crippen LogP contribution in [0.15, 0.2) is 36.4 Å². The van der Waals surface area contributed by atoms with E-state index >= 15 is 0 Å². The summed E-state index contributed by atoms with van der Waals surface area (Å²) < 4.78 is 45.2. The predicted octanol–water partition coefficient (Wildman–Crippen LogP) is 4.45. The quantitative estimate of drug-likeness (QED) is 0.610. The molecule has 0 bridgehead atoms. The van der Waals surface area contributed by atoms with Crippen molar-refractivity contribution in [3.63, 3.8) is 0 Å². The summed E-state index contributed by atoms with van der Waals surface area (Å²) in [6.45, 7) is 2.56. The van der Waals surface area contributed by atoms with Gasteiger partial charge < -0.3 is 15.0 Å². The summed E-state index contributed by atoms with van der Waals surface area (Å²) in [4.78, 5) is 27.8. The predicted molar refractivity (Wildman–Crippen MR) is 120 cm³/mol. The summed E-state index contributed by atoms with van der Waals surface area (Å²) in [6.07, 6.45) is 1.51. The zero-order valence-electron chi connectivity index (χ0n) is 19.0. The molecule has 0 aromatic heterocycles. The Hall–Kier alpha value is -3.58. The third kappa shape index (κ3) is 5.57. The largest absolute Gasteiger partial charge is 0.446 e. The molecule has 2 saturated heterocycles. The standard InChI is InChI=1S/C25H25F3N4O3/c26-19-3-4-20(18(12-19)14-29)16-6-10-31(11-7-16)9-1-8-30-24(33)32-23(15-35-25(32)34)17-2-5-21(27)22(28)13-17/h2-5,12-13,16,23H,1,6-11,15H2,(H,30,33). The molecule has 184 valence electrons. The smallest absolute Gasteiger partial charge is 0.418 e. The molecule has 0 spiro atoms. The van der Waals surface area contributed by atoms with Crippen molar-refractivity contribution in [2.75, 3.05) is 32.8 Å². The highest BCUT2D eigenvalue weighted by Gasteiger charge is 2.39. The zero-order chi connectivity index (χ0) is 24.9. The Morgan fingerprint density at radius 1 is 1.11 bits per heavy atom. The van der Waals surface area contributed by atoms with Crippen molar-refractivity contribution >= 4 is 12.1 Å². The zero-order valence-corrected chi connectivity index (χ0v) is 19.0. The number of cyclic esters (lactones) is 1. The van der Waals surface area contributed by atoms with Crippen molar-refractivity contribution in [1.29, 1.82) is 5.26 Å². The minimum Gasteiger partial charge on any atom is -0.446 e. The lowest BCUT2D eigenvalue weighted by atomic mass is 9.86. The maximum Gasteiger partial charge on any atom is 0.418 e. The van der Waals surface area contributed by atoms with E-state index < -0.39 is 35.6 Å². The molecule has 0 aliphatic carbocycles. The van der Waals surface area contributed by atoms with Gasteiger partial charge in [-0.25, -0.2) is 27.7 Å². The molecule has 2 heterocycles. The highest BCUT2D eigenvalue weighted by atomic mass is 19.2. The number of carbonyl (C=O) groups is 2. The first-order chi connectivity index (χ1) is 16.9. The van der Waals surface area contributed by atoms with Gasteiger partial charge in [-0.3, -0.25) is 0 Å². The van der Waals surface area contributed by atoms with E-state index in [1.54, 1.807) is 6.07 Å². The normalized spacial score (nSPS) is 18.9. The van der Waals surface area contributed by atoms with E-state index in [0.29, 0.717) is 18.5 Å². The summed E-state index contributed by atoms with van der Waals surface area (Å²) in [7, 11) is 0. The second-order valence-corrected chi connectivity index (χ2v) is 8.68. The number of nitrogens with zero attached hydrogens (tertiary/aromatic N) is 3. The lowest BCUT2D eigenvalue weighted by molar-refractivity contribution is 0.157. The molecule has 2 fully saturated rings. The van der Waals surface area contributed by atoms with Gasteiger partial charge in [0.2, 0.25) is 0 Å². The van der Waals surface area contributed by atoms with E-state index in [0.717, 1.165) is 55.1 Å². The maximum atomic E-state index is 13.6. The molecule has 1 atom stereocenters. The minimum atomic E-state index is -1.06. The number of nitrogens with one attached hydrogen (secondary N) is 1. The molecule has 2 aliphatic rings. The minimum absolute atomic E-state index is 0.131. The number of ether oxygens (including phenoxy) is 1. The Kier molecular flexibility index (Phi) is 7.56. The van der Waals surface area contributed by atoms with Crippen LogP contribution in [0, 0.1) is 28.8 Å². The molecule has 1 N–H and O–H groups in total. The Bertz CT molecular complexity index is 1150. The molecule has 10 heteroatoms. The molecule has 7 nitrogen and oxygen atoms in total. The van der Waals surface area contributed by atoms with Gasteiger partial charge in [-0.05, 0) is 80.2 Å². The van der Waals surface area contributed by atoms with Crippen LogP contribution in [0.5, 0.6) is 0 Å². The van der Waals surface area contributed by atoms with E-state index in [1.165, 1.54) is 18.2 Å². The molecular formula is C25H25F3N4O3. The lowest BCUT2D eigenvalue weighted by Gasteiger charge is -2.32. The fourth-order valence-electron chi connectivity index (χ4n) is 4.64. The first-order valence-electron chi connectivity index (χ1n) is 11.5. The molecular weight excluding hydrogens is 461 g/mol. The average Bonchev–Trinajstić information content (AvgIpc) is 3.25. The number of benzene rings is 2. The molecule has 2 aliphatic heterocycles. The fraction of sp³-hybridized carbons (Fsp3) is 0.400. The molecule has 2 aromatic rings. The summed E-state index contributed by atoms with van der Waals surface area (Å²) in [5.74, 6) is -2.28. The maximum absolute atomic E-state index is 13.6. The van der Waals surface area contributed by atoms with Crippen molar-refractivity contribution in [2.45, 2.75) is 31.2 Å². The van der Waals surface area contributed by atoms with Gasteiger partial charge in [-0.2, -0.15) is 5.26 Å². The Morgan fingerprint density at radius 3 is 2.60 bits per heavy atom. The van der Waals surface area contributed by atoms with E-state index in [2.05, 4.69) is 16.3 Å². The van der Waals surface area contributed by atoms with Gasteiger partial charge in [0.25, 0.3) is 0 Å². The number of hydrogen-bond acceptors (Lipinski definition) is 5. The van der Waals surface area contributed by atoms with Crippen LogP contribution < -0.4 is 5.32 Å². The summed E-state index contributed by atoms with van der Waals surface area (Å²) in [5.41, 5.74) is 1.54. The molecule has 35 heavy (non-hydrogen) atoms. The van der Waals surface area contributed by atoms with Gasteiger partial charge in [-0.1, -0.05) is 12.1 Å². The SMILES string of the molecule is N#Cc1cc(F)ccc1C1CCN(CCCNC(=O)N2C(=O)OCC2c2ccc(F)c(F)c2)CC1. The number of imide groups is 1. The van der Waals surface area contributed by atoms with E-state index in [1.807, 2.05) is 0 Å². The molecule has 0 saturated carbocycles. The molecule has 1 unspecified atom stereocenters. The number of rotatable bonds is 6. The second kappa shape index (κ2) is 10.8. The van der Waals surface area contributed by atoms with Crippen molar-refractivity contribution in [2.24, 2.45) is 0 Å². The van der Waals surface area contributed by atoms with E-state index in [4.69, 9.17) is 4.74 Å². The third-order valence-electron chi connectivity index (χ3n) is 6.51. The van der Waals surface area contributed by atoms with Crippen LogP contribution >= 0.6 is 0 Å². The highest BCUT2D eigenvalue weighted by molar-refractivity contribution is 5.92. The van der Waals surface area contributed by atoms with Crippen molar-refractivity contribution in [3.05, 3.63) is 70.5 Å². The number of carbonyl (C=O) groups excluding carboxylic acids is 2. The van der Waals surface area contributed by atoms with Crippen molar-refractivity contribution < 1.29 is 27.5 Å². The van der Waals surface area contributed by atoms with Crippen LogP contribution in [0.2, 0.25) is 0 Å². The second-order valence-electron chi connectivity index (χ2n) is 8.68. The Labute approximate surface area is 201 Å². The first-order valence-corrected chi connectivity index (χ1v) is 11.5. The van der Waals surface area contributed by atoms with E-state index in [-0.39, 0.29) is 18.1 Å². The van der Waals surface area contributed by atoms with E-state index in [9.17, 15) is 28.0 Å². The molecule has 4 rings (SSSR count). The molecule has 0 radical (unpaired) electrons. The first kappa shape index (κ1) is 24.5. The van der Waals surface area contributed by atoms with Gasteiger partial charge in [0.05, 0.1) is 11.6 Å². The summed E-state index contributed by atoms with van der Waals surface area (Å²) >= 11 is 0. The van der Waals surface area contributed by atoms with Gasteiger partial charge in [0, 0.05) is 6.54 Å². The average molecular weight is 486 g/mol. The molecule has 2 aromatic carbocycles. The number of likely N-dealkylation sites (tertiary alicyclic amines) is 1. The summed E-state index contributed by atoms with van der Waals surface area (Å²) in [6, 6.07) is 8.17. The van der Waals surface area contributed by atoms with Crippen LogP contribution in [0.25, 0.3) is 0 Å². The Balaban J connectivity index is 1.23. The van der Waals surface area contributed by atoms with Gasteiger partial charge in [0.1, 0.15) is 18.5 Å². The van der Waals surface area contributed by atoms with Crippen LogP contribution in [0.4, 0.5) is 22.8 Å².